The topological polar surface area (TPSA) is 41.1 Å². The monoisotopic (exact) mass is 232 g/mol. The average Bonchev–Trinajstić information content (AvgIpc) is 2.40. The molecule has 1 atom stereocenters. The van der Waals surface area contributed by atoms with E-state index in [1.165, 1.54) is 12.0 Å². The fourth-order valence-electron chi connectivity index (χ4n) is 2.13. The van der Waals surface area contributed by atoms with Crippen molar-refractivity contribution >= 4 is 11.6 Å². The maximum absolute atomic E-state index is 11.9. The Morgan fingerprint density at radius 1 is 1.35 bits per heavy atom. The van der Waals surface area contributed by atoms with Crippen LogP contribution in [0, 0.1) is 0 Å². The fraction of sp³-hybridized carbons (Fsp3) is 0.500. The van der Waals surface area contributed by atoms with Gasteiger partial charge in [-0.05, 0) is 43.5 Å². The predicted octanol–water partition coefficient (Wildman–Crippen LogP) is 2.33. The minimum Gasteiger partial charge on any atom is -0.325 e. The Bertz CT molecular complexity index is 366. The summed E-state index contributed by atoms with van der Waals surface area (Å²) in [6.45, 7) is 3.08. The van der Waals surface area contributed by atoms with Gasteiger partial charge in [0.15, 0.2) is 0 Å². The second-order valence-electron chi connectivity index (χ2n) is 4.54. The van der Waals surface area contributed by atoms with Crippen molar-refractivity contribution in [2.45, 2.75) is 38.6 Å². The maximum Gasteiger partial charge on any atom is 0.241 e. The van der Waals surface area contributed by atoms with Crippen LogP contribution in [0.15, 0.2) is 24.3 Å². The molecule has 1 aliphatic rings. The van der Waals surface area contributed by atoms with E-state index in [2.05, 4.69) is 29.7 Å². The van der Waals surface area contributed by atoms with Gasteiger partial charge in [0, 0.05) is 5.69 Å². The lowest BCUT2D eigenvalue weighted by atomic mass is 10.0. The maximum atomic E-state index is 11.9. The van der Waals surface area contributed by atoms with Gasteiger partial charge in [0.05, 0.1) is 6.04 Å². The summed E-state index contributed by atoms with van der Waals surface area (Å²) < 4.78 is 0. The van der Waals surface area contributed by atoms with Crippen molar-refractivity contribution in [2.24, 2.45) is 0 Å². The van der Waals surface area contributed by atoms with Crippen LogP contribution in [0.1, 0.15) is 31.7 Å². The lowest BCUT2D eigenvalue weighted by Gasteiger charge is -2.22. The van der Waals surface area contributed by atoms with Gasteiger partial charge in [0.25, 0.3) is 0 Å². The molecule has 0 saturated carbocycles. The summed E-state index contributed by atoms with van der Waals surface area (Å²) in [5.74, 6) is 0.0916. The average molecular weight is 232 g/mol. The highest BCUT2D eigenvalue weighted by Crippen LogP contribution is 2.13. The summed E-state index contributed by atoms with van der Waals surface area (Å²) in [4.78, 5) is 11.9. The largest absolute Gasteiger partial charge is 0.325 e. The van der Waals surface area contributed by atoms with Crippen molar-refractivity contribution in [1.82, 2.24) is 5.32 Å². The van der Waals surface area contributed by atoms with Crippen LogP contribution in [0.25, 0.3) is 0 Å². The molecule has 0 aromatic heterocycles. The molecule has 1 aromatic rings. The number of piperidine rings is 1. The summed E-state index contributed by atoms with van der Waals surface area (Å²) in [6.07, 6.45) is 4.28. The van der Waals surface area contributed by atoms with Gasteiger partial charge < -0.3 is 10.6 Å². The van der Waals surface area contributed by atoms with Crippen molar-refractivity contribution in [2.75, 3.05) is 11.9 Å². The summed E-state index contributed by atoms with van der Waals surface area (Å²) in [7, 11) is 0. The minimum absolute atomic E-state index is 0.0189. The Kier molecular flexibility index (Phi) is 4.15. The lowest BCUT2D eigenvalue weighted by Crippen LogP contribution is -2.43. The van der Waals surface area contributed by atoms with Crippen molar-refractivity contribution in [3.63, 3.8) is 0 Å². The molecule has 0 bridgehead atoms. The third kappa shape index (κ3) is 3.30. The smallest absolute Gasteiger partial charge is 0.241 e. The molecule has 1 aromatic carbocycles. The van der Waals surface area contributed by atoms with Crippen LogP contribution in [-0.4, -0.2) is 18.5 Å². The summed E-state index contributed by atoms with van der Waals surface area (Å²) in [6, 6.07) is 8.04. The molecule has 17 heavy (non-hydrogen) atoms. The van der Waals surface area contributed by atoms with Crippen molar-refractivity contribution in [3.8, 4) is 0 Å². The molecule has 1 fully saturated rings. The van der Waals surface area contributed by atoms with E-state index < -0.39 is 0 Å². The molecule has 0 aliphatic carbocycles. The van der Waals surface area contributed by atoms with Crippen LogP contribution in [-0.2, 0) is 11.2 Å². The van der Waals surface area contributed by atoms with Gasteiger partial charge in [0.1, 0.15) is 0 Å². The first-order chi connectivity index (χ1) is 8.29. The molecule has 1 heterocycles. The van der Waals surface area contributed by atoms with Crippen LogP contribution in [0.4, 0.5) is 5.69 Å². The molecule has 3 heteroatoms. The number of hydrogen-bond acceptors (Lipinski definition) is 2. The molecule has 0 radical (unpaired) electrons. The van der Waals surface area contributed by atoms with E-state index in [9.17, 15) is 4.79 Å². The van der Waals surface area contributed by atoms with Gasteiger partial charge in [-0.2, -0.15) is 0 Å². The molecule has 92 valence electrons. The van der Waals surface area contributed by atoms with E-state index in [1.54, 1.807) is 0 Å². The van der Waals surface area contributed by atoms with Gasteiger partial charge in [0.2, 0.25) is 5.91 Å². The molecular weight excluding hydrogens is 212 g/mol. The minimum atomic E-state index is -0.0189. The Labute approximate surface area is 103 Å². The van der Waals surface area contributed by atoms with Gasteiger partial charge in [-0.1, -0.05) is 25.5 Å². The van der Waals surface area contributed by atoms with Gasteiger partial charge in [-0.3, -0.25) is 4.79 Å². The zero-order valence-electron chi connectivity index (χ0n) is 10.3. The number of carbonyl (C=O) groups excluding carboxylic acids is 1. The summed E-state index contributed by atoms with van der Waals surface area (Å²) in [5.41, 5.74) is 2.18. The summed E-state index contributed by atoms with van der Waals surface area (Å²) in [5, 5.41) is 6.21. The number of hydrogen-bond donors (Lipinski definition) is 2. The Morgan fingerprint density at radius 2 is 2.12 bits per heavy atom. The molecule has 1 amide bonds. The molecule has 1 saturated heterocycles. The zero-order chi connectivity index (χ0) is 12.1. The Morgan fingerprint density at radius 3 is 2.71 bits per heavy atom. The molecule has 2 N–H and O–H groups in total. The molecule has 3 nitrogen and oxygen atoms in total. The lowest BCUT2D eigenvalue weighted by molar-refractivity contribution is -0.118. The number of anilines is 1. The van der Waals surface area contributed by atoms with Crippen LogP contribution in [0.5, 0.6) is 0 Å². The predicted molar refractivity (Wildman–Crippen MR) is 70.1 cm³/mol. The number of amides is 1. The fourth-order valence-corrected chi connectivity index (χ4v) is 2.13. The highest BCUT2D eigenvalue weighted by Gasteiger charge is 2.20. The second kappa shape index (κ2) is 5.82. The van der Waals surface area contributed by atoms with Crippen LogP contribution in [0.3, 0.4) is 0 Å². The van der Waals surface area contributed by atoms with Crippen molar-refractivity contribution in [1.29, 1.82) is 0 Å². The SMILES string of the molecule is CCc1ccc(NC(=O)C2CCCCN2)cc1. The molecule has 2 rings (SSSR count). The summed E-state index contributed by atoms with van der Waals surface area (Å²) >= 11 is 0. The normalized spacial score (nSPS) is 19.9. The first-order valence-electron chi connectivity index (χ1n) is 6.43. The van der Waals surface area contributed by atoms with Crippen molar-refractivity contribution < 1.29 is 4.79 Å². The van der Waals surface area contributed by atoms with Crippen molar-refractivity contribution in [3.05, 3.63) is 29.8 Å². The Hall–Kier alpha value is -1.35. The van der Waals surface area contributed by atoms with E-state index in [1.807, 2.05) is 12.1 Å². The van der Waals surface area contributed by atoms with Crippen LogP contribution >= 0.6 is 0 Å². The third-order valence-corrected chi connectivity index (χ3v) is 3.26. The molecule has 1 unspecified atom stereocenters. The van der Waals surface area contributed by atoms with E-state index in [4.69, 9.17) is 0 Å². The second-order valence-corrected chi connectivity index (χ2v) is 4.54. The first-order valence-corrected chi connectivity index (χ1v) is 6.43. The number of nitrogens with one attached hydrogen (secondary N) is 2. The standard InChI is InChI=1S/C14H20N2O/c1-2-11-6-8-12(9-7-11)16-14(17)13-5-3-4-10-15-13/h6-9,13,15H,2-5,10H2,1H3,(H,16,17). The van der Waals surface area contributed by atoms with E-state index in [0.29, 0.717) is 0 Å². The van der Waals surface area contributed by atoms with E-state index in [0.717, 1.165) is 31.5 Å². The number of aryl methyl sites for hydroxylation is 1. The van der Waals surface area contributed by atoms with Gasteiger partial charge >= 0.3 is 0 Å². The number of benzene rings is 1. The third-order valence-electron chi connectivity index (χ3n) is 3.26. The van der Waals surface area contributed by atoms with E-state index >= 15 is 0 Å². The Balaban J connectivity index is 1.92. The highest BCUT2D eigenvalue weighted by atomic mass is 16.2. The van der Waals surface area contributed by atoms with Gasteiger partial charge in [-0.25, -0.2) is 0 Å². The van der Waals surface area contributed by atoms with Gasteiger partial charge in [-0.15, -0.1) is 0 Å². The number of rotatable bonds is 3. The van der Waals surface area contributed by atoms with Crippen LogP contribution in [0.2, 0.25) is 0 Å². The van der Waals surface area contributed by atoms with Crippen LogP contribution < -0.4 is 10.6 Å². The number of carbonyl (C=O) groups is 1. The zero-order valence-corrected chi connectivity index (χ0v) is 10.3. The molecular formula is C14H20N2O. The first kappa shape index (κ1) is 12.1. The molecule has 0 spiro atoms. The molecule has 1 aliphatic heterocycles. The van der Waals surface area contributed by atoms with E-state index in [-0.39, 0.29) is 11.9 Å². The highest BCUT2D eigenvalue weighted by molar-refractivity contribution is 5.94. The quantitative estimate of drug-likeness (QED) is 0.839.